The Morgan fingerprint density at radius 1 is 1.22 bits per heavy atom. The lowest BCUT2D eigenvalue weighted by atomic mass is 10.1. The first-order valence-electron chi connectivity index (χ1n) is 8.96. The fourth-order valence-corrected chi connectivity index (χ4v) is 3.83. The first-order chi connectivity index (χ1) is 13.0. The van der Waals surface area contributed by atoms with Gasteiger partial charge in [0.05, 0.1) is 24.4 Å². The summed E-state index contributed by atoms with van der Waals surface area (Å²) in [6, 6.07) is 9.80. The minimum absolute atomic E-state index is 0.114. The third-order valence-corrected chi connectivity index (χ3v) is 5.78. The maximum Gasteiger partial charge on any atom is 0.346 e. The molecule has 1 N–H and O–H groups in total. The molecule has 0 spiro atoms. The van der Waals surface area contributed by atoms with E-state index in [0.717, 1.165) is 16.5 Å². The standard InChI is InChI=1S/C18H23N4O4S/c1-3-27(23,24)26-22-17(20-10-12-25-13-11-20)14(2)19-21-9-8-15-6-4-5-7-16(15)18(21)22/h4-9,19H,3,10-13H2,1-2H3/q+1. The summed E-state index contributed by atoms with van der Waals surface area (Å²) in [4.78, 5) is 2.09. The van der Waals surface area contributed by atoms with Crippen molar-refractivity contribution in [3.63, 3.8) is 0 Å². The number of anilines is 1. The van der Waals surface area contributed by atoms with E-state index >= 15 is 0 Å². The zero-order valence-corrected chi connectivity index (χ0v) is 16.2. The van der Waals surface area contributed by atoms with E-state index in [1.165, 1.54) is 5.06 Å². The zero-order chi connectivity index (χ0) is 19.0. The molecule has 0 bridgehead atoms. The van der Waals surface area contributed by atoms with Crippen molar-refractivity contribution < 1.29 is 22.1 Å². The lowest BCUT2D eigenvalue weighted by Gasteiger charge is -2.35. The normalized spacial score (nSPS) is 17.9. The van der Waals surface area contributed by atoms with Gasteiger partial charge in [0.1, 0.15) is 11.9 Å². The summed E-state index contributed by atoms with van der Waals surface area (Å²) in [6.07, 6.45) is 1.87. The van der Waals surface area contributed by atoms with Crippen molar-refractivity contribution in [1.29, 1.82) is 0 Å². The van der Waals surface area contributed by atoms with Crippen molar-refractivity contribution >= 4 is 26.7 Å². The summed E-state index contributed by atoms with van der Waals surface area (Å²) in [5, 5.41) is 3.32. The quantitative estimate of drug-likeness (QED) is 0.788. The van der Waals surface area contributed by atoms with Crippen LogP contribution in [-0.4, -0.2) is 45.4 Å². The summed E-state index contributed by atoms with van der Waals surface area (Å²) < 4.78 is 37.6. The van der Waals surface area contributed by atoms with Crippen LogP contribution in [0.15, 0.2) is 48.0 Å². The van der Waals surface area contributed by atoms with Crippen LogP contribution in [-0.2, 0) is 19.1 Å². The second kappa shape index (κ2) is 6.99. The highest BCUT2D eigenvalue weighted by Gasteiger charge is 2.41. The van der Waals surface area contributed by atoms with Crippen LogP contribution in [0, 0.1) is 0 Å². The van der Waals surface area contributed by atoms with E-state index in [0.29, 0.717) is 37.9 Å². The predicted molar refractivity (Wildman–Crippen MR) is 102 cm³/mol. The molecule has 1 saturated heterocycles. The Hall–Kier alpha value is -2.36. The van der Waals surface area contributed by atoms with E-state index in [9.17, 15) is 8.42 Å². The zero-order valence-electron chi connectivity index (χ0n) is 15.4. The highest BCUT2D eigenvalue weighted by molar-refractivity contribution is 7.86. The second-order valence-electron chi connectivity index (χ2n) is 6.47. The number of nitrogens with one attached hydrogen (secondary N) is 1. The van der Waals surface area contributed by atoms with Crippen LogP contribution in [0.4, 0.5) is 5.82 Å². The van der Waals surface area contributed by atoms with Gasteiger partial charge < -0.3 is 9.64 Å². The first-order valence-corrected chi connectivity index (χ1v) is 10.5. The van der Waals surface area contributed by atoms with Crippen molar-refractivity contribution in [2.45, 2.75) is 13.8 Å². The first kappa shape index (κ1) is 18.0. The number of morpholine rings is 1. The lowest BCUT2D eigenvalue weighted by molar-refractivity contribution is -0.635. The molecule has 1 fully saturated rings. The van der Waals surface area contributed by atoms with Crippen LogP contribution in [0.25, 0.3) is 10.8 Å². The largest absolute Gasteiger partial charge is 0.378 e. The number of pyridine rings is 1. The fourth-order valence-electron chi connectivity index (χ4n) is 3.36. The van der Waals surface area contributed by atoms with Crippen LogP contribution in [0.3, 0.4) is 0 Å². The molecule has 4 rings (SSSR count). The van der Waals surface area contributed by atoms with Gasteiger partial charge in [0.2, 0.25) is 0 Å². The van der Waals surface area contributed by atoms with Crippen molar-refractivity contribution in [3.8, 4) is 0 Å². The molecule has 0 amide bonds. The number of nitrogens with zero attached hydrogens (tertiary/aromatic N) is 3. The van der Waals surface area contributed by atoms with E-state index < -0.39 is 10.1 Å². The van der Waals surface area contributed by atoms with Crippen LogP contribution >= 0.6 is 0 Å². The summed E-state index contributed by atoms with van der Waals surface area (Å²) in [5.74, 6) is 1.20. The Morgan fingerprint density at radius 2 is 1.96 bits per heavy atom. The van der Waals surface area contributed by atoms with Crippen molar-refractivity contribution in [1.82, 2.24) is 4.90 Å². The molecule has 0 saturated carbocycles. The molecule has 0 aliphatic carbocycles. The Balaban J connectivity index is 1.90. The molecule has 2 aliphatic rings. The molecule has 144 valence electrons. The van der Waals surface area contributed by atoms with E-state index in [1.807, 2.05) is 43.5 Å². The van der Waals surface area contributed by atoms with Crippen molar-refractivity contribution in [2.24, 2.45) is 0 Å². The third-order valence-electron chi connectivity index (χ3n) is 4.69. The van der Waals surface area contributed by atoms with Gasteiger partial charge in [-0.25, -0.2) is 5.43 Å². The number of fused-ring (bicyclic) bond motifs is 3. The molecule has 1 aromatic heterocycles. The Labute approximate surface area is 158 Å². The smallest absolute Gasteiger partial charge is 0.346 e. The van der Waals surface area contributed by atoms with E-state index in [-0.39, 0.29) is 5.75 Å². The summed E-state index contributed by atoms with van der Waals surface area (Å²) in [7, 11) is -3.73. The van der Waals surface area contributed by atoms with Gasteiger partial charge in [0, 0.05) is 13.1 Å². The minimum atomic E-state index is -3.73. The maximum absolute atomic E-state index is 12.4. The SMILES string of the molecule is CCS(=O)(=O)ON1C(N2CCOCC2)=C(C)N[n+]2ccc3ccccc3c21. The number of aromatic nitrogens is 1. The number of rotatable bonds is 4. The molecule has 2 aromatic rings. The molecular weight excluding hydrogens is 368 g/mol. The molecule has 9 heteroatoms. The van der Waals surface area contributed by atoms with Gasteiger partial charge in [-0.15, -0.1) is 4.68 Å². The highest BCUT2D eigenvalue weighted by atomic mass is 32.2. The number of allylic oxidation sites excluding steroid dienone is 1. The molecule has 8 nitrogen and oxygen atoms in total. The molecule has 2 aliphatic heterocycles. The summed E-state index contributed by atoms with van der Waals surface area (Å²) in [6.45, 7) is 5.96. The Bertz CT molecular complexity index is 1000. The highest BCUT2D eigenvalue weighted by Crippen LogP contribution is 2.31. The van der Waals surface area contributed by atoms with Crippen LogP contribution < -0.4 is 15.2 Å². The van der Waals surface area contributed by atoms with Gasteiger partial charge in [0.15, 0.2) is 0 Å². The molecule has 0 unspecified atom stereocenters. The van der Waals surface area contributed by atoms with E-state index in [4.69, 9.17) is 9.02 Å². The number of hydrogen-bond donors (Lipinski definition) is 1. The third kappa shape index (κ3) is 3.33. The van der Waals surface area contributed by atoms with Crippen LogP contribution in [0.2, 0.25) is 0 Å². The van der Waals surface area contributed by atoms with Crippen molar-refractivity contribution in [2.75, 3.05) is 42.5 Å². The maximum atomic E-state index is 12.4. The average Bonchev–Trinajstić information content (AvgIpc) is 2.68. The van der Waals surface area contributed by atoms with Gasteiger partial charge in [-0.05, 0) is 36.4 Å². The molecule has 27 heavy (non-hydrogen) atoms. The molecule has 0 atom stereocenters. The molecular formula is C18H23N4O4S+. The Kier molecular flexibility index (Phi) is 4.67. The van der Waals surface area contributed by atoms with Gasteiger partial charge in [-0.3, -0.25) is 0 Å². The van der Waals surface area contributed by atoms with Crippen LogP contribution in [0.1, 0.15) is 13.8 Å². The van der Waals surface area contributed by atoms with Gasteiger partial charge in [-0.2, -0.15) is 8.42 Å². The minimum Gasteiger partial charge on any atom is -0.378 e. The fraction of sp³-hybridized carbons (Fsp3) is 0.389. The van der Waals surface area contributed by atoms with Gasteiger partial charge >= 0.3 is 15.9 Å². The molecule has 0 radical (unpaired) electrons. The number of benzene rings is 1. The second-order valence-corrected chi connectivity index (χ2v) is 8.31. The van der Waals surface area contributed by atoms with Gasteiger partial charge in [0.25, 0.3) is 5.82 Å². The number of hydroxylamine groups is 1. The molecule has 3 heterocycles. The predicted octanol–water partition coefficient (Wildman–Crippen LogP) is 1.29. The van der Waals surface area contributed by atoms with Crippen molar-refractivity contribution in [3.05, 3.63) is 48.0 Å². The Morgan fingerprint density at radius 3 is 2.70 bits per heavy atom. The van der Waals surface area contributed by atoms with Crippen LogP contribution in [0.5, 0.6) is 0 Å². The summed E-state index contributed by atoms with van der Waals surface area (Å²) >= 11 is 0. The lowest BCUT2D eigenvalue weighted by Crippen LogP contribution is -2.57. The molecule has 1 aromatic carbocycles. The topological polar surface area (TPSA) is 75.0 Å². The average molecular weight is 391 g/mol. The summed E-state index contributed by atoms with van der Waals surface area (Å²) in [5.41, 5.74) is 4.13. The monoisotopic (exact) mass is 391 g/mol. The number of ether oxygens (including phenoxy) is 1. The van der Waals surface area contributed by atoms with E-state index in [2.05, 4.69) is 10.3 Å². The van der Waals surface area contributed by atoms with Gasteiger partial charge in [-0.1, -0.05) is 22.5 Å². The number of hydrogen-bond acceptors (Lipinski definition) is 7. The van der Waals surface area contributed by atoms with E-state index in [1.54, 1.807) is 11.6 Å².